The molecular formula is C60H60N4O2Pt2Se2-2. The van der Waals surface area contributed by atoms with Crippen LogP contribution in [-0.4, -0.2) is 59.2 Å². The zero-order valence-electron chi connectivity index (χ0n) is 42.4. The van der Waals surface area contributed by atoms with E-state index in [-0.39, 0.29) is 92.8 Å². The third-order valence-corrected chi connectivity index (χ3v) is 17.1. The van der Waals surface area contributed by atoms with E-state index in [1.54, 1.807) is 6.33 Å². The molecule has 0 spiro atoms. The van der Waals surface area contributed by atoms with Gasteiger partial charge in [-0.15, -0.1) is 0 Å². The van der Waals surface area contributed by atoms with Gasteiger partial charge in [-0.2, -0.15) is 0 Å². The molecule has 6 nitrogen and oxygen atoms in total. The van der Waals surface area contributed by atoms with Gasteiger partial charge >= 0.3 is 417 Å². The second-order valence-corrected chi connectivity index (χ2v) is 26.8. The van der Waals surface area contributed by atoms with Crippen LogP contribution in [0.25, 0.3) is 84.6 Å². The minimum Gasteiger partial charge on any atom is 0 e. The number of nitrogens with zero attached hydrogens (tertiary/aromatic N) is 4. The minimum atomic E-state index is -0.233. The van der Waals surface area contributed by atoms with Gasteiger partial charge in [0.15, 0.2) is 0 Å². The first kappa shape index (κ1) is 53.6. The first-order valence-electron chi connectivity index (χ1n) is 23.3. The number of rotatable bonds is 6. The van der Waals surface area contributed by atoms with Crippen LogP contribution in [0.3, 0.4) is 0 Å². The molecule has 0 aliphatic carbocycles. The number of phenols is 2. The number of para-hydroxylation sites is 2. The number of aryl methyl sites for hydroxylation is 2. The Kier molecular flexibility index (Phi) is 15.0. The molecule has 0 saturated heterocycles. The molecule has 0 saturated carbocycles. The van der Waals surface area contributed by atoms with Crippen LogP contribution in [0, 0.1) is 26.0 Å². The van der Waals surface area contributed by atoms with Crippen molar-refractivity contribution >= 4 is 48.6 Å². The van der Waals surface area contributed by atoms with E-state index in [4.69, 9.17) is 19.9 Å². The molecule has 3 heterocycles. The standard InChI is InChI=1S/C60H60N4O2Se2.2Pt/c1-33-21-35(41-17-15-19-49-51(41)63-55(67-49)43-27-39(57(3,4)5)29-45(53(43)65)59(9,10)11)25-37(23-33)47-31-48(62-32-61-47)38-24-34(2)22-36(26-38)42-18-16-20-50-52(42)64-56(68-50)44-28-40(58(6,7)8)30-46(54(44)66)60(12,13)14;;/h15-24,27-32,65-66H,1-14H3;;/q-2;;. The van der Waals surface area contributed by atoms with E-state index in [2.05, 4.69) is 194 Å². The summed E-state index contributed by atoms with van der Waals surface area (Å²) in [5.74, 6) is 0.652. The van der Waals surface area contributed by atoms with E-state index in [9.17, 15) is 10.2 Å². The zero-order valence-corrected chi connectivity index (χ0v) is 50.3. The zero-order chi connectivity index (χ0) is 48.8. The molecule has 0 bridgehead atoms. The third kappa shape index (κ3) is 10.6. The summed E-state index contributed by atoms with van der Waals surface area (Å²) in [4.78, 5) is 20.2. The van der Waals surface area contributed by atoms with Crippen LogP contribution in [0.5, 0.6) is 11.5 Å². The Morgan fingerprint density at radius 3 is 1.17 bits per heavy atom. The maximum atomic E-state index is 11.8. The number of hydrogen-bond donors (Lipinski definition) is 2. The molecule has 0 aliphatic rings. The summed E-state index contributed by atoms with van der Waals surface area (Å²) in [7, 11) is 0. The summed E-state index contributed by atoms with van der Waals surface area (Å²) in [6, 6.07) is 39.5. The Bertz CT molecular complexity index is 3230. The van der Waals surface area contributed by atoms with Crippen molar-refractivity contribution in [3.8, 4) is 76.5 Å². The minimum absolute atomic E-state index is 0. The quantitative estimate of drug-likeness (QED) is 0.127. The fourth-order valence-electron chi connectivity index (χ4n) is 8.81. The predicted octanol–water partition coefficient (Wildman–Crippen LogP) is 14.5. The van der Waals surface area contributed by atoms with Gasteiger partial charge in [-0.25, -0.2) is 0 Å². The van der Waals surface area contributed by atoms with E-state index in [0.717, 1.165) is 98.3 Å². The largest absolute Gasteiger partial charge is 0 e. The van der Waals surface area contributed by atoms with Gasteiger partial charge in [0.25, 0.3) is 0 Å². The Hall–Kier alpha value is -4.24. The fraction of sp³-hybridized carbons (Fsp3) is 0.300. The summed E-state index contributed by atoms with van der Waals surface area (Å²) in [6.07, 6.45) is 1.63. The third-order valence-electron chi connectivity index (χ3n) is 12.7. The van der Waals surface area contributed by atoms with Crippen LogP contribution in [-0.2, 0) is 63.8 Å². The van der Waals surface area contributed by atoms with E-state index >= 15 is 0 Å². The van der Waals surface area contributed by atoms with Crippen molar-refractivity contribution in [2.24, 2.45) is 0 Å². The predicted molar refractivity (Wildman–Crippen MR) is 284 cm³/mol. The van der Waals surface area contributed by atoms with Crippen LogP contribution in [0.1, 0.15) is 116 Å². The topological polar surface area (TPSA) is 92.0 Å². The molecule has 2 N–H and O–H groups in total. The molecule has 0 radical (unpaired) electrons. The number of hydrogen-bond acceptors (Lipinski definition) is 6. The average molecular weight is 1420 g/mol. The monoisotopic (exact) mass is 1420 g/mol. The summed E-state index contributed by atoms with van der Waals surface area (Å²) < 4.78 is 4.24. The molecule has 9 rings (SSSR count). The van der Waals surface area contributed by atoms with Crippen LogP contribution in [0.4, 0.5) is 0 Å². The van der Waals surface area contributed by atoms with Crippen LogP contribution < -0.4 is 0 Å². The van der Waals surface area contributed by atoms with E-state index in [1.807, 2.05) is 6.07 Å². The molecule has 0 fully saturated rings. The molecule has 0 unspecified atom stereocenters. The van der Waals surface area contributed by atoms with E-state index in [1.165, 1.54) is 19.6 Å². The Labute approximate surface area is 454 Å². The second kappa shape index (κ2) is 19.6. The Morgan fingerprint density at radius 1 is 0.443 bits per heavy atom. The molecular weight excluding hydrogens is 1360 g/mol. The molecule has 9 aromatic rings. The van der Waals surface area contributed by atoms with Gasteiger partial charge in [-0.3, -0.25) is 0 Å². The maximum Gasteiger partial charge on any atom is 0 e. The van der Waals surface area contributed by atoms with Gasteiger partial charge in [0, 0.05) is 42.1 Å². The van der Waals surface area contributed by atoms with Gasteiger partial charge < -0.3 is 0 Å². The second-order valence-electron chi connectivity index (χ2n) is 22.4. The maximum absolute atomic E-state index is 11.8. The molecule has 0 aliphatic heterocycles. The SMILES string of the molecule is Cc1cc(-c2cc(-c3[c-]c(-c4cccc5[se]c(-c6cc(C(C)(C)C)cc(C(C)(C)C)c6O)nc45)cc(C)c3)ncn2)[c-]c(-c2cccc3[se]c(-c4cc(C(C)(C)C)cc(C(C)(C)C)c4O)nc23)c1.[Pt].[Pt]. The summed E-state index contributed by atoms with van der Waals surface area (Å²) >= 11 is -0.198. The van der Waals surface area contributed by atoms with Crippen molar-refractivity contribution in [3.05, 3.63) is 143 Å². The van der Waals surface area contributed by atoms with Gasteiger partial charge in [0.1, 0.15) is 0 Å². The summed E-state index contributed by atoms with van der Waals surface area (Å²) in [5, 5.41) is 23.6. The molecule has 3 aromatic heterocycles. The van der Waals surface area contributed by atoms with E-state index in [0.29, 0.717) is 11.5 Å². The molecule has 0 atom stereocenters. The smallest absolute Gasteiger partial charge is 0 e. The van der Waals surface area contributed by atoms with Crippen molar-refractivity contribution in [1.29, 1.82) is 0 Å². The molecule has 10 heteroatoms. The Morgan fingerprint density at radius 2 is 0.814 bits per heavy atom. The van der Waals surface area contributed by atoms with Crippen LogP contribution >= 0.6 is 0 Å². The summed E-state index contributed by atoms with van der Waals surface area (Å²) in [6.45, 7) is 30.4. The number of aromatic hydroxyl groups is 2. The molecule has 0 amide bonds. The molecule has 366 valence electrons. The fourth-order valence-corrected chi connectivity index (χ4v) is 13.0. The number of aromatic nitrogens is 4. The first-order chi connectivity index (χ1) is 31.8. The van der Waals surface area contributed by atoms with Gasteiger partial charge in [0.05, 0.1) is 0 Å². The van der Waals surface area contributed by atoms with Crippen LogP contribution in [0.2, 0.25) is 0 Å². The molecule has 6 aromatic carbocycles. The number of benzene rings is 6. The number of phenolic OH excluding ortho intramolecular Hbond substituents is 2. The van der Waals surface area contributed by atoms with Gasteiger partial charge in [-0.1, -0.05) is 0 Å². The van der Waals surface area contributed by atoms with Crippen molar-refractivity contribution in [2.75, 3.05) is 0 Å². The Balaban J connectivity index is 0.00000361. The van der Waals surface area contributed by atoms with Gasteiger partial charge in [-0.05, 0) is 0 Å². The number of fused-ring (bicyclic) bond motifs is 2. The summed E-state index contributed by atoms with van der Waals surface area (Å²) in [5.41, 5.74) is 16.5. The van der Waals surface area contributed by atoms with Crippen molar-refractivity contribution in [2.45, 2.75) is 119 Å². The van der Waals surface area contributed by atoms with Crippen molar-refractivity contribution in [3.63, 3.8) is 0 Å². The van der Waals surface area contributed by atoms with Crippen molar-refractivity contribution < 1.29 is 52.3 Å². The average Bonchev–Trinajstić information content (AvgIpc) is 3.90. The normalized spacial score (nSPS) is 12.3. The van der Waals surface area contributed by atoms with Crippen LogP contribution in [0.15, 0.2) is 97.3 Å². The van der Waals surface area contributed by atoms with E-state index < -0.39 is 0 Å². The van der Waals surface area contributed by atoms with Gasteiger partial charge in [0.2, 0.25) is 0 Å². The molecule has 70 heavy (non-hydrogen) atoms. The first-order valence-corrected chi connectivity index (χ1v) is 26.7. The van der Waals surface area contributed by atoms with Crippen molar-refractivity contribution in [1.82, 2.24) is 19.9 Å².